The second-order valence-corrected chi connectivity index (χ2v) is 7.63. The fourth-order valence-electron chi connectivity index (χ4n) is 3.66. The maximum atomic E-state index is 2.28. The quantitative estimate of drug-likeness (QED) is 0.436. The minimum atomic E-state index is 0.680. The Balaban J connectivity index is 2.17. The van der Waals surface area contributed by atoms with Crippen LogP contribution in [0.15, 0.2) is 71.8 Å². The maximum Gasteiger partial charge on any atom is -0.0167 e. The van der Waals surface area contributed by atoms with Gasteiger partial charge in [-0.2, -0.15) is 0 Å². The molecule has 2 aromatic rings. The molecular formula is C27H34. The van der Waals surface area contributed by atoms with Crippen LogP contribution in [0, 0.1) is 6.92 Å². The Bertz CT molecular complexity index is 803. The average molecular weight is 359 g/mol. The summed E-state index contributed by atoms with van der Waals surface area (Å²) in [6, 6.07) is 17.8. The minimum Gasteiger partial charge on any atom is -0.0683 e. The zero-order valence-electron chi connectivity index (χ0n) is 17.8. The zero-order valence-corrected chi connectivity index (χ0v) is 17.8. The van der Waals surface area contributed by atoms with E-state index in [1.807, 2.05) is 0 Å². The smallest absolute Gasteiger partial charge is 0.0167 e. The van der Waals surface area contributed by atoms with Crippen molar-refractivity contribution < 1.29 is 0 Å². The predicted molar refractivity (Wildman–Crippen MR) is 122 cm³/mol. The zero-order chi connectivity index (χ0) is 19.8. The summed E-state index contributed by atoms with van der Waals surface area (Å²) in [6.07, 6.45) is 8.99. The highest BCUT2D eigenvalue weighted by molar-refractivity contribution is 5.81. The van der Waals surface area contributed by atoms with Gasteiger partial charge in [-0.1, -0.05) is 91.7 Å². The van der Waals surface area contributed by atoms with E-state index in [-0.39, 0.29) is 0 Å². The van der Waals surface area contributed by atoms with Gasteiger partial charge in [0.2, 0.25) is 0 Å². The van der Waals surface area contributed by atoms with E-state index in [0.29, 0.717) is 5.92 Å². The van der Waals surface area contributed by atoms with Crippen molar-refractivity contribution in [2.45, 2.75) is 60.3 Å². The van der Waals surface area contributed by atoms with Crippen molar-refractivity contribution in [2.75, 3.05) is 0 Å². The second-order valence-electron chi connectivity index (χ2n) is 7.63. The van der Waals surface area contributed by atoms with Crippen LogP contribution in [0.5, 0.6) is 0 Å². The first-order valence-corrected chi connectivity index (χ1v) is 10.2. The molecule has 0 radical (unpaired) electrons. The van der Waals surface area contributed by atoms with Gasteiger partial charge in [0.15, 0.2) is 0 Å². The van der Waals surface area contributed by atoms with E-state index in [2.05, 4.69) is 108 Å². The van der Waals surface area contributed by atoms with Crippen LogP contribution in [0.1, 0.15) is 75.6 Å². The van der Waals surface area contributed by atoms with Crippen molar-refractivity contribution in [3.63, 3.8) is 0 Å². The van der Waals surface area contributed by atoms with E-state index in [1.165, 1.54) is 51.8 Å². The van der Waals surface area contributed by atoms with E-state index in [0.717, 1.165) is 0 Å². The van der Waals surface area contributed by atoms with Gasteiger partial charge in [-0.25, -0.2) is 0 Å². The average Bonchev–Trinajstić information content (AvgIpc) is 2.65. The third kappa shape index (κ3) is 5.82. The standard InChI is InChI=1S/C27H34/c1-7-24(8-2)25-18-14-23(15-19-25)11-9-10-22(6)27(20(3)4)26-16-12-21(5)13-17-26/h9-19,24H,7-8H2,1-6H3. The van der Waals surface area contributed by atoms with Crippen LogP contribution in [0.2, 0.25) is 0 Å². The molecule has 27 heavy (non-hydrogen) atoms. The molecule has 0 spiro atoms. The molecule has 0 aliphatic rings. The first kappa shape index (κ1) is 21.0. The van der Waals surface area contributed by atoms with E-state index in [4.69, 9.17) is 0 Å². The third-order valence-electron chi connectivity index (χ3n) is 5.26. The molecule has 0 bridgehead atoms. The van der Waals surface area contributed by atoms with Crippen molar-refractivity contribution in [1.82, 2.24) is 0 Å². The highest BCUT2D eigenvalue weighted by atomic mass is 14.1. The van der Waals surface area contributed by atoms with Crippen molar-refractivity contribution in [3.8, 4) is 0 Å². The Hall–Kier alpha value is -2.34. The Kier molecular flexibility index (Phi) is 7.85. The van der Waals surface area contributed by atoms with Crippen molar-refractivity contribution >= 4 is 11.6 Å². The van der Waals surface area contributed by atoms with Gasteiger partial charge < -0.3 is 0 Å². The van der Waals surface area contributed by atoms with Crippen LogP contribution in [0.3, 0.4) is 0 Å². The fraction of sp³-hybridized carbons (Fsp3) is 0.333. The van der Waals surface area contributed by atoms with Gasteiger partial charge in [-0.3, -0.25) is 0 Å². The van der Waals surface area contributed by atoms with E-state index in [9.17, 15) is 0 Å². The number of allylic oxidation sites excluding steroid dienone is 5. The highest BCUT2D eigenvalue weighted by Crippen LogP contribution is 2.27. The van der Waals surface area contributed by atoms with Gasteiger partial charge in [0.1, 0.15) is 0 Å². The van der Waals surface area contributed by atoms with E-state index in [1.54, 1.807) is 0 Å². The molecule has 0 saturated heterocycles. The number of aryl methyl sites for hydroxylation is 1. The van der Waals surface area contributed by atoms with Crippen LogP contribution in [0.25, 0.3) is 11.6 Å². The Morgan fingerprint density at radius 3 is 1.96 bits per heavy atom. The van der Waals surface area contributed by atoms with E-state index < -0.39 is 0 Å². The number of hydrogen-bond acceptors (Lipinski definition) is 0. The SMILES string of the molecule is CCC(CC)c1ccc(C=CC=C(C)C(=C(C)C)c2ccc(C)cc2)cc1. The first-order chi connectivity index (χ1) is 13.0. The molecule has 0 aromatic heterocycles. The highest BCUT2D eigenvalue weighted by Gasteiger charge is 2.06. The largest absolute Gasteiger partial charge is 0.0683 e. The summed E-state index contributed by atoms with van der Waals surface area (Å²) in [5.41, 5.74) is 9.27. The lowest BCUT2D eigenvalue weighted by Gasteiger charge is -2.12. The van der Waals surface area contributed by atoms with E-state index >= 15 is 0 Å². The molecule has 142 valence electrons. The molecule has 0 N–H and O–H groups in total. The molecule has 0 aliphatic heterocycles. The molecule has 0 fully saturated rings. The van der Waals surface area contributed by atoms with Crippen LogP contribution in [-0.4, -0.2) is 0 Å². The fourth-order valence-corrected chi connectivity index (χ4v) is 3.66. The van der Waals surface area contributed by atoms with Crippen LogP contribution in [0.4, 0.5) is 0 Å². The molecule has 0 saturated carbocycles. The normalized spacial score (nSPS) is 12.0. The van der Waals surface area contributed by atoms with Gasteiger partial charge in [0.05, 0.1) is 0 Å². The summed E-state index contributed by atoms with van der Waals surface area (Å²) in [7, 11) is 0. The summed E-state index contributed by atoms with van der Waals surface area (Å²) >= 11 is 0. The van der Waals surface area contributed by atoms with Crippen LogP contribution in [-0.2, 0) is 0 Å². The minimum absolute atomic E-state index is 0.680. The summed E-state index contributed by atoms with van der Waals surface area (Å²) in [6.45, 7) is 13.2. The Labute approximate surface area is 166 Å². The Morgan fingerprint density at radius 2 is 1.44 bits per heavy atom. The lowest BCUT2D eigenvalue weighted by molar-refractivity contribution is 0.642. The summed E-state index contributed by atoms with van der Waals surface area (Å²) in [4.78, 5) is 0. The molecule has 0 amide bonds. The third-order valence-corrected chi connectivity index (χ3v) is 5.26. The van der Waals surface area contributed by atoms with Crippen molar-refractivity contribution in [2.24, 2.45) is 0 Å². The molecular weight excluding hydrogens is 324 g/mol. The molecule has 0 heterocycles. The predicted octanol–water partition coefficient (Wildman–Crippen LogP) is 8.35. The lowest BCUT2D eigenvalue weighted by atomic mass is 9.93. The summed E-state index contributed by atoms with van der Waals surface area (Å²) < 4.78 is 0. The number of hydrogen-bond donors (Lipinski definition) is 0. The molecule has 2 aromatic carbocycles. The van der Waals surface area contributed by atoms with Gasteiger partial charge in [0.25, 0.3) is 0 Å². The van der Waals surface area contributed by atoms with Gasteiger partial charge >= 0.3 is 0 Å². The molecule has 0 aliphatic carbocycles. The monoisotopic (exact) mass is 358 g/mol. The van der Waals surface area contributed by atoms with Crippen LogP contribution >= 0.6 is 0 Å². The Morgan fingerprint density at radius 1 is 0.852 bits per heavy atom. The summed E-state index contributed by atoms with van der Waals surface area (Å²) in [5, 5.41) is 0. The summed E-state index contributed by atoms with van der Waals surface area (Å²) in [5.74, 6) is 0.680. The van der Waals surface area contributed by atoms with Crippen molar-refractivity contribution in [3.05, 3.63) is 94.1 Å². The van der Waals surface area contributed by atoms with Gasteiger partial charge in [-0.15, -0.1) is 0 Å². The maximum absolute atomic E-state index is 2.28. The topological polar surface area (TPSA) is 0 Å². The second kappa shape index (κ2) is 10.1. The lowest BCUT2D eigenvalue weighted by Crippen LogP contribution is -1.94. The molecule has 0 unspecified atom stereocenters. The molecule has 0 nitrogen and oxygen atoms in total. The van der Waals surface area contributed by atoms with Gasteiger partial charge in [-0.05, 0) is 74.3 Å². The number of benzene rings is 2. The van der Waals surface area contributed by atoms with Crippen LogP contribution < -0.4 is 0 Å². The number of rotatable bonds is 7. The van der Waals surface area contributed by atoms with Crippen molar-refractivity contribution in [1.29, 1.82) is 0 Å². The molecule has 2 rings (SSSR count). The molecule has 0 heteroatoms. The van der Waals surface area contributed by atoms with Gasteiger partial charge in [0, 0.05) is 0 Å². The first-order valence-electron chi connectivity index (χ1n) is 10.2. The molecule has 0 atom stereocenters.